The van der Waals surface area contributed by atoms with Crippen LogP contribution in [-0.2, 0) is 35.1 Å². The summed E-state index contributed by atoms with van der Waals surface area (Å²) in [5.41, 5.74) is 7.44. The molecule has 3 aromatic rings. The maximum absolute atomic E-state index is 13.8. The molecule has 218 valence electrons. The van der Waals surface area contributed by atoms with E-state index in [1.807, 2.05) is 60.7 Å². The van der Waals surface area contributed by atoms with Gasteiger partial charge in [0, 0.05) is 21.5 Å². The number of nitrogens with zero attached hydrogens (tertiary/aromatic N) is 4. The number of carbonyl (C=O) groups excluding carboxylic acids is 3. The first-order chi connectivity index (χ1) is 20.3. The molecule has 5 rings (SSSR count). The van der Waals surface area contributed by atoms with Gasteiger partial charge in [-0.2, -0.15) is 9.36 Å². The zero-order valence-corrected chi connectivity index (χ0v) is 25.9. The van der Waals surface area contributed by atoms with Gasteiger partial charge >= 0.3 is 5.97 Å². The highest BCUT2D eigenvalue weighted by atomic mass is 127. The van der Waals surface area contributed by atoms with E-state index in [1.54, 1.807) is 6.92 Å². The van der Waals surface area contributed by atoms with Crippen molar-refractivity contribution in [3.8, 4) is 0 Å². The summed E-state index contributed by atoms with van der Waals surface area (Å²) in [4.78, 5) is 50.6. The summed E-state index contributed by atoms with van der Waals surface area (Å²) in [7, 11) is 0. The number of oxime groups is 1. The summed E-state index contributed by atoms with van der Waals surface area (Å²) >= 11 is 1.33. The second kappa shape index (κ2) is 13.2. The molecule has 3 heterocycles. The summed E-state index contributed by atoms with van der Waals surface area (Å²) in [5, 5.41) is 5.49. The van der Waals surface area contributed by atoms with Gasteiger partial charge in [-0.15, -0.1) is 0 Å². The number of aromatic nitrogens is 2. The number of hydrogen-bond acceptors (Lipinski definition) is 11. The number of rotatable bonds is 10. The minimum Gasteiger partial charge on any atom is -0.614 e. The number of nitrogens with two attached hydrogens (primary N) is 1. The van der Waals surface area contributed by atoms with Crippen LogP contribution in [0.1, 0.15) is 30.0 Å². The van der Waals surface area contributed by atoms with Crippen molar-refractivity contribution in [2.45, 2.75) is 24.4 Å². The predicted molar refractivity (Wildman–Crippen MR) is 165 cm³/mol. The van der Waals surface area contributed by atoms with Crippen molar-refractivity contribution in [3.05, 3.63) is 88.9 Å². The number of carbonyl (C=O) groups is 3. The quantitative estimate of drug-likeness (QED) is 0.0607. The van der Waals surface area contributed by atoms with Crippen LogP contribution in [0.3, 0.4) is 0 Å². The number of anilines is 1. The first-order valence-electron chi connectivity index (χ1n) is 12.7. The van der Waals surface area contributed by atoms with Crippen LogP contribution in [0.15, 0.2) is 77.1 Å². The standard InChI is InChI=1S/C27H25IN6O6S2/c1-2-39-32-18(22-31-27(29)41-33-22)23(35)30-19-24(36)34-20(17(13-28)14-42(38)25(19)34)26(37)40-21(15-9-5-3-6-10-15)16-11-7-4-8-12-16/h3-12,19,21,25H,2,13-14H2,1H3,(H,30,35)(H2,29,31,33)/b32-18-/t19?,25-,42?/m1/s1. The number of halogens is 1. The minimum atomic E-state index is -1.61. The molecule has 2 aliphatic rings. The molecule has 42 heavy (non-hydrogen) atoms. The third-order valence-electron chi connectivity index (χ3n) is 6.43. The number of amides is 2. The van der Waals surface area contributed by atoms with Gasteiger partial charge < -0.3 is 25.2 Å². The fraction of sp³-hybridized carbons (Fsp3) is 0.259. The van der Waals surface area contributed by atoms with Gasteiger partial charge in [-0.1, -0.05) is 88.4 Å². The van der Waals surface area contributed by atoms with Gasteiger partial charge in [0.15, 0.2) is 17.3 Å². The maximum Gasteiger partial charge on any atom is 0.356 e. The zero-order chi connectivity index (χ0) is 29.8. The van der Waals surface area contributed by atoms with Crippen LogP contribution >= 0.6 is 34.1 Å². The number of β-lactam (4-membered cyclic amide) rings is 1. The Kier molecular flexibility index (Phi) is 9.40. The summed E-state index contributed by atoms with van der Waals surface area (Å²) in [6, 6.07) is 17.3. The number of ether oxygens (including phenoxy) is 1. The lowest BCUT2D eigenvalue weighted by Gasteiger charge is -2.49. The second-order valence-corrected chi connectivity index (χ2v) is 12.2. The Morgan fingerprint density at radius 1 is 1.21 bits per heavy atom. The molecule has 2 aromatic carbocycles. The lowest BCUT2D eigenvalue weighted by molar-refractivity contribution is -0.154. The van der Waals surface area contributed by atoms with Crippen LogP contribution in [0.4, 0.5) is 5.13 Å². The molecule has 2 amide bonds. The molecule has 2 unspecified atom stereocenters. The van der Waals surface area contributed by atoms with E-state index in [0.29, 0.717) is 10.0 Å². The lowest BCUT2D eigenvalue weighted by atomic mass is 10.0. The largest absolute Gasteiger partial charge is 0.614 e. The molecular formula is C27H25IN6O6S2. The molecule has 0 spiro atoms. The van der Waals surface area contributed by atoms with Gasteiger partial charge in [0.2, 0.25) is 16.9 Å². The fourth-order valence-corrected chi connectivity index (χ4v) is 7.66. The molecule has 0 bridgehead atoms. The van der Waals surface area contributed by atoms with Gasteiger partial charge in [0.25, 0.3) is 11.8 Å². The van der Waals surface area contributed by atoms with Crippen molar-refractivity contribution < 1.29 is 28.5 Å². The van der Waals surface area contributed by atoms with Gasteiger partial charge in [-0.3, -0.25) is 14.5 Å². The van der Waals surface area contributed by atoms with Crippen LogP contribution in [0.25, 0.3) is 0 Å². The van der Waals surface area contributed by atoms with Crippen LogP contribution in [0.5, 0.6) is 0 Å². The minimum absolute atomic E-state index is 0.0403. The van der Waals surface area contributed by atoms with Gasteiger partial charge in [-0.25, -0.2) is 4.79 Å². The van der Waals surface area contributed by atoms with Gasteiger partial charge in [0.05, 0.1) is 0 Å². The second-order valence-electron chi connectivity index (χ2n) is 9.08. The Bertz CT molecular complexity index is 1500. The van der Waals surface area contributed by atoms with Crippen LogP contribution in [0, 0.1) is 0 Å². The van der Waals surface area contributed by atoms with Crippen molar-refractivity contribution in [2.24, 2.45) is 5.16 Å². The van der Waals surface area contributed by atoms with E-state index in [-0.39, 0.29) is 34.7 Å². The van der Waals surface area contributed by atoms with Gasteiger partial charge in [-0.05, 0) is 29.2 Å². The first kappa shape index (κ1) is 29.9. The number of esters is 1. The lowest BCUT2D eigenvalue weighted by Crippen LogP contribution is -2.75. The van der Waals surface area contributed by atoms with E-state index in [4.69, 9.17) is 15.3 Å². The molecule has 3 N–H and O–H groups in total. The van der Waals surface area contributed by atoms with E-state index < -0.39 is 46.5 Å². The monoisotopic (exact) mass is 720 g/mol. The Labute approximate surface area is 261 Å². The zero-order valence-electron chi connectivity index (χ0n) is 22.1. The Balaban J connectivity index is 1.40. The smallest absolute Gasteiger partial charge is 0.356 e. The number of nitrogen functional groups attached to an aromatic ring is 1. The number of alkyl halides is 1. The number of nitrogens with one attached hydrogen (secondary N) is 1. The molecule has 3 atom stereocenters. The molecule has 1 aromatic heterocycles. The van der Waals surface area contributed by atoms with Crippen LogP contribution in [0.2, 0.25) is 0 Å². The van der Waals surface area contributed by atoms with Crippen LogP contribution in [-0.4, -0.2) is 70.5 Å². The highest BCUT2D eigenvalue weighted by molar-refractivity contribution is 14.1. The number of hydrogen-bond donors (Lipinski definition) is 2. The third kappa shape index (κ3) is 5.99. The summed E-state index contributed by atoms with van der Waals surface area (Å²) in [5.74, 6) is -2.16. The average molecular weight is 721 g/mol. The van der Waals surface area contributed by atoms with Crippen molar-refractivity contribution >= 4 is 73.9 Å². The normalized spacial score (nSPS) is 20.2. The average Bonchev–Trinajstić information content (AvgIpc) is 3.44. The molecule has 1 fully saturated rings. The topological polar surface area (TPSA) is 172 Å². The molecular weight excluding hydrogens is 695 g/mol. The van der Waals surface area contributed by atoms with E-state index in [1.165, 1.54) is 4.90 Å². The Hall–Kier alpha value is -3.54. The third-order valence-corrected chi connectivity index (χ3v) is 9.55. The summed E-state index contributed by atoms with van der Waals surface area (Å²) in [6.45, 7) is 1.85. The molecule has 0 saturated carbocycles. The maximum atomic E-state index is 13.8. The van der Waals surface area contributed by atoms with E-state index in [0.717, 1.165) is 22.7 Å². The first-order valence-corrected chi connectivity index (χ1v) is 16.4. The molecule has 15 heteroatoms. The number of fused-ring (bicyclic) bond motifs is 1. The van der Waals surface area contributed by atoms with Crippen molar-refractivity contribution in [1.29, 1.82) is 0 Å². The van der Waals surface area contributed by atoms with Crippen molar-refractivity contribution in [3.63, 3.8) is 0 Å². The number of benzene rings is 2. The fourth-order valence-electron chi connectivity index (χ4n) is 4.55. The Morgan fingerprint density at radius 2 is 1.86 bits per heavy atom. The van der Waals surface area contributed by atoms with Crippen molar-refractivity contribution in [2.75, 3.05) is 22.5 Å². The Morgan fingerprint density at radius 3 is 2.40 bits per heavy atom. The van der Waals surface area contributed by atoms with Crippen molar-refractivity contribution in [1.82, 2.24) is 19.6 Å². The summed E-state index contributed by atoms with van der Waals surface area (Å²) < 4.78 is 23.7. The highest BCUT2D eigenvalue weighted by Gasteiger charge is 2.61. The molecule has 1 saturated heterocycles. The van der Waals surface area contributed by atoms with Crippen LogP contribution < -0.4 is 11.1 Å². The molecule has 0 radical (unpaired) electrons. The summed E-state index contributed by atoms with van der Waals surface area (Å²) in [6.07, 6.45) is -0.740. The van der Waals surface area contributed by atoms with Gasteiger partial charge in [0.1, 0.15) is 18.1 Å². The van der Waals surface area contributed by atoms with E-state index in [9.17, 15) is 18.9 Å². The predicted octanol–water partition coefficient (Wildman–Crippen LogP) is 2.30. The molecule has 2 aliphatic heterocycles. The molecule has 12 nitrogen and oxygen atoms in total. The molecule has 0 aliphatic carbocycles. The van der Waals surface area contributed by atoms with E-state index in [2.05, 4.69) is 42.4 Å². The van der Waals surface area contributed by atoms with E-state index >= 15 is 0 Å². The SMILES string of the molecule is CCO/N=C(\C(=O)NC1C(=O)N2C(C(=O)OC(c3ccccc3)c3ccccc3)=C(CI)C[S+]([O-])[C@H]12)c1nsc(N)n1. The highest BCUT2D eigenvalue weighted by Crippen LogP contribution is 2.39.